The minimum Gasteiger partial charge on any atom is -0.326 e. The first-order chi connectivity index (χ1) is 19.8. The zero-order valence-electron chi connectivity index (χ0n) is 22.6. The molecule has 0 aliphatic rings. The Bertz CT molecular complexity index is 1500. The van der Waals surface area contributed by atoms with Crippen molar-refractivity contribution in [2.75, 3.05) is 23.8 Å². The number of pyridine rings is 1. The predicted octanol–water partition coefficient (Wildman–Crippen LogP) is 7.45. The van der Waals surface area contributed by atoms with Gasteiger partial charge in [-0.25, -0.2) is 4.98 Å². The fourth-order valence-electron chi connectivity index (χ4n) is 3.96. The lowest BCUT2D eigenvalue weighted by Gasteiger charge is -2.17. The van der Waals surface area contributed by atoms with Crippen molar-refractivity contribution in [1.29, 1.82) is 0 Å². The largest absolute Gasteiger partial charge is 0.335 e. The molecule has 214 valence electrons. The number of hydrogen-bond acceptors (Lipinski definition) is 8. The Morgan fingerprint density at radius 2 is 1.66 bits per heavy atom. The number of nitrogens with one attached hydrogen (secondary N) is 2. The molecule has 4 aromatic rings. The summed E-state index contributed by atoms with van der Waals surface area (Å²) < 4.78 is 23.5. The normalized spacial score (nSPS) is 11.3. The number of amides is 2. The Hall–Kier alpha value is -3.40. The highest BCUT2D eigenvalue weighted by atomic mass is 35.5. The average molecular weight is 613 g/mol. The summed E-state index contributed by atoms with van der Waals surface area (Å²) in [5, 5.41) is 6.71. The van der Waals surface area contributed by atoms with E-state index < -0.39 is 7.60 Å². The lowest BCUT2D eigenvalue weighted by atomic mass is 10.1. The molecule has 0 unspecified atom stereocenters. The number of anilines is 2. The molecule has 0 fully saturated rings. The van der Waals surface area contributed by atoms with Crippen LogP contribution in [0.3, 0.4) is 0 Å². The summed E-state index contributed by atoms with van der Waals surface area (Å²) in [7, 11) is -3.22. The highest BCUT2D eigenvalue weighted by Crippen LogP contribution is 2.51. The summed E-state index contributed by atoms with van der Waals surface area (Å²) in [5.41, 5.74) is 3.18. The summed E-state index contributed by atoms with van der Waals surface area (Å²) >= 11 is 7.38. The fourth-order valence-corrected chi connectivity index (χ4v) is 6.76. The molecule has 2 N–H and O–H groups in total. The number of hydrogen-bond donors (Lipinski definition) is 2. The van der Waals surface area contributed by atoms with Crippen LogP contribution in [0.2, 0.25) is 5.02 Å². The van der Waals surface area contributed by atoms with Crippen LogP contribution in [0.5, 0.6) is 0 Å². The Kier molecular flexibility index (Phi) is 10.8. The molecular weight excluding hydrogens is 583 g/mol. The molecule has 0 aliphatic heterocycles. The second-order valence-electron chi connectivity index (χ2n) is 8.82. The monoisotopic (exact) mass is 612 g/mol. The van der Waals surface area contributed by atoms with E-state index in [2.05, 4.69) is 20.6 Å². The highest BCUT2D eigenvalue weighted by molar-refractivity contribution is 7.53. The van der Waals surface area contributed by atoms with E-state index in [-0.39, 0.29) is 30.1 Å². The molecule has 9 nitrogen and oxygen atoms in total. The molecule has 0 bridgehead atoms. The van der Waals surface area contributed by atoms with Crippen molar-refractivity contribution in [1.82, 2.24) is 9.97 Å². The van der Waals surface area contributed by atoms with E-state index in [1.54, 1.807) is 74.6 Å². The van der Waals surface area contributed by atoms with E-state index in [4.69, 9.17) is 20.6 Å². The molecule has 4 rings (SSSR count). The molecular formula is C29H30ClN4O5PS. The van der Waals surface area contributed by atoms with Crippen molar-refractivity contribution in [3.05, 3.63) is 94.1 Å². The molecule has 2 amide bonds. The molecule has 0 radical (unpaired) electrons. The van der Waals surface area contributed by atoms with Gasteiger partial charge >= 0.3 is 7.60 Å². The van der Waals surface area contributed by atoms with Crippen molar-refractivity contribution < 1.29 is 23.2 Å². The molecule has 0 atom stereocenters. The Balaban J connectivity index is 1.42. The van der Waals surface area contributed by atoms with E-state index in [0.29, 0.717) is 41.2 Å². The van der Waals surface area contributed by atoms with Gasteiger partial charge in [-0.3, -0.25) is 24.5 Å². The van der Waals surface area contributed by atoms with Gasteiger partial charge in [-0.15, -0.1) is 11.3 Å². The average Bonchev–Trinajstić information content (AvgIpc) is 3.36. The Labute approximate surface area is 247 Å². The Morgan fingerprint density at radius 3 is 2.29 bits per heavy atom. The molecule has 0 aliphatic carbocycles. The summed E-state index contributed by atoms with van der Waals surface area (Å²) in [6, 6.07) is 19.4. The fraction of sp³-hybridized carbons (Fsp3) is 0.241. The molecule has 0 spiro atoms. The number of carbonyl (C=O) groups excluding carboxylic acids is 2. The molecule has 0 saturated carbocycles. The summed E-state index contributed by atoms with van der Waals surface area (Å²) in [5.74, 6) is -0.546. The van der Waals surface area contributed by atoms with Gasteiger partial charge in [0.05, 0.1) is 25.1 Å². The number of rotatable bonds is 13. The van der Waals surface area contributed by atoms with Crippen molar-refractivity contribution >= 4 is 53.2 Å². The van der Waals surface area contributed by atoms with Crippen LogP contribution in [0.4, 0.5) is 10.8 Å². The quantitative estimate of drug-likeness (QED) is 0.150. The van der Waals surface area contributed by atoms with Gasteiger partial charge in [-0.1, -0.05) is 41.9 Å². The van der Waals surface area contributed by atoms with Gasteiger partial charge in [0.1, 0.15) is 5.69 Å². The summed E-state index contributed by atoms with van der Waals surface area (Å²) in [4.78, 5) is 35.0. The lowest BCUT2D eigenvalue weighted by molar-refractivity contribution is -0.116. The standard InChI is InChI=1S/C29H30ClN4O5PS/c1-3-38-40(37,39-4-2)19-20-8-14-23(15-9-20)32-26(35)17-16-25-27(21-10-12-22(30)13-11-21)33-29(41-25)34-28(36)24-7-5-6-18-31-24/h5-15,18H,3-4,16-17,19H2,1-2H3,(H,32,35)(H,33,34,36). The van der Waals surface area contributed by atoms with Crippen molar-refractivity contribution in [2.24, 2.45) is 0 Å². The van der Waals surface area contributed by atoms with E-state index in [1.807, 2.05) is 12.1 Å². The third-order valence-electron chi connectivity index (χ3n) is 5.78. The number of nitrogens with zero attached hydrogens (tertiary/aromatic N) is 2. The third-order valence-corrected chi connectivity index (χ3v) is 9.12. The van der Waals surface area contributed by atoms with Gasteiger partial charge in [0.25, 0.3) is 5.91 Å². The first-order valence-electron chi connectivity index (χ1n) is 13.0. The van der Waals surface area contributed by atoms with Gasteiger partial charge in [-0.2, -0.15) is 0 Å². The van der Waals surface area contributed by atoms with Crippen molar-refractivity contribution in [2.45, 2.75) is 32.9 Å². The number of benzene rings is 2. The van der Waals surface area contributed by atoms with Gasteiger partial charge in [-0.05, 0) is 62.2 Å². The van der Waals surface area contributed by atoms with E-state index >= 15 is 0 Å². The van der Waals surface area contributed by atoms with E-state index in [1.165, 1.54) is 11.3 Å². The maximum Gasteiger partial charge on any atom is 0.335 e. The molecule has 2 aromatic heterocycles. The van der Waals surface area contributed by atoms with E-state index in [0.717, 1.165) is 16.0 Å². The SMILES string of the molecule is CCOP(=O)(Cc1ccc(NC(=O)CCc2sc(NC(=O)c3ccccn3)nc2-c2ccc(Cl)cc2)cc1)OCC. The maximum absolute atomic E-state index is 12.8. The molecule has 2 aromatic carbocycles. The second kappa shape index (κ2) is 14.5. The van der Waals surface area contributed by atoms with Crippen LogP contribution >= 0.6 is 30.5 Å². The lowest BCUT2D eigenvalue weighted by Crippen LogP contribution is -2.13. The molecule has 2 heterocycles. The van der Waals surface area contributed by atoms with Crippen LogP contribution in [-0.2, 0) is 31.0 Å². The van der Waals surface area contributed by atoms with Crippen LogP contribution in [0, 0.1) is 0 Å². The molecule has 0 saturated heterocycles. The number of aryl methyl sites for hydroxylation is 1. The van der Waals surface area contributed by atoms with Crippen LogP contribution in [0.1, 0.15) is 41.2 Å². The van der Waals surface area contributed by atoms with E-state index in [9.17, 15) is 14.2 Å². The van der Waals surface area contributed by atoms with Crippen LogP contribution < -0.4 is 10.6 Å². The summed E-state index contributed by atoms with van der Waals surface area (Å²) in [6.07, 6.45) is 2.31. The summed E-state index contributed by atoms with van der Waals surface area (Å²) in [6.45, 7) is 4.13. The second-order valence-corrected chi connectivity index (χ2v) is 12.4. The topological polar surface area (TPSA) is 120 Å². The van der Waals surface area contributed by atoms with Crippen molar-refractivity contribution in [3.63, 3.8) is 0 Å². The maximum atomic E-state index is 12.8. The van der Waals surface area contributed by atoms with Gasteiger partial charge in [0, 0.05) is 33.8 Å². The van der Waals surface area contributed by atoms with Gasteiger partial charge in [0.15, 0.2) is 5.13 Å². The van der Waals surface area contributed by atoms with Crippen LogP contribution in [0.15, 0.2) is 72.9 Å². The van der Waals surface area contributed by atoms with Gasteiger partial charge in [0.2, 0.25) is 5.91 Å². The molecule has 41 heavy (non-hydrogen) atoms. The van der Waals surface area contributed by atoms with Crippen LogP contribution in [0.25, 0.3) is 11.3 Å². The zero-order chi connectivity index (χ0) is 29.2. The smallest absolute Gasteiger partial charge is 0.326 e. The highest BCUT2D eigenvalue weighted by Gasteiger charge is 2.24. The number of thiazole rings is 1. The number of aromatic nitrogens is 2. The van der Waals surface area contributed by atoms with Gasteiger partial charge < -0.3 is 14.4 Å². The number of carbonyl (C=O) groups is 2. The number of halogens is 1. The molecule has 12 heteroatoms. The predicted molar refractivity (Wildman–Crippen MR) is 163 cm³/mol. The third kappa shape index (κ3) is 8.79. The zero-order valence-corrected chi connectivity index (χ0v) is 25.1. The van der Waals surface area contributed by atoms with Crippen LogP contribution in [-0.4, -0.2) is 35.0 Å². The van der Waals surface area contributed by atoms with Crippen molar-refractivity contribution in [3.8, 4) is 11.3 Å². The minimum absolute atomic E-state index is 0.154. The minimum atomic E-state index is -3.22. The Morgan fingerprint density at radius 1 is 0.951 bits per heavy atom. The first kappa shape index (κ1) is 30.6. The first-order valence-corrected chi connectivity index (χ1v) is 16.0.